The molecular weight excluding hydrogens is 349 g/mol. The Balaban J connectivity index is 0.00000196. The topological polar surface area (TPSA) is 70.6 Å². The van der Waals surface area contributed by atoms with Gasteiger partial charge in [-0.05, 0) is 55.5 Å². The van der Waals surface area contributed by atoms with Crippen LogP contribution in [0.3, 0.4) is 0 Å². The Morgan fingerprint density at radius 3 is 2.15 bits per heavy atom. The van der Waals surface area contributed by atoms with E-state index in [4.69, 9.17) is 21.1 Å². The molecule has 2 heterocycles. The van der Waals surface area contributed by atoms with Crippen LogP contribution in [0, 0.1) is 13.8 Å². The van der Waals surface area contributed by atoms with Gasteiger partial charge in [0, 0.05) is 23.4 Å². The Bertz CT molecular complexity index is 753. The molecule has 1 amide bonds. The molecule has 5 nitrogen and oxygen atoms in total. The Labute approximate surface area is 170 Å². The minimum Gasteiger partial charge on any atom is -0.873 e. The normalized spacial score (nSPS) is 23.4. The van der Waals surface area contributed by atoms with Gasteiger partial charge in [0.1, 0.15) is 0 Å². The summed E-state index contributed by atoms with van der Waals surface area (Å²) < 4.78 is 11.5. The van der Waals surface area contributed by atoms with Crippen LogP contribution >= 0.6 is 11.6 Å². The average Bonchev–Trinajstić information content (AvgIpc) is 3.09. The summed E-state index contributed by atoms with van der Waals surface area (Å²) in [6.45, 7) is 4.94. The van der Waals surface area contributed by atoms with Gasteiger partial charge in [0.15, 0.2) is 5.79 Å². The van der Waals surface area contributed by atoms with E-state index in [-0.39, 0.29) is 36.1 Å². The first-order valence-corrected chi connectivity index (χ1v) is 9.03. The number of aryl methyl sites for hydroxylation is 2. The number of carbonyl (C=O) groups excluding carboxylic acids is 1. The number of rotatable bonds is 1. The van der Waals surface area contributed by atoms with E-state index in [1.54, 1.807) is 12.1 Å². The predicted octanol–water partition coefficient (Wildman–Crippen LogP) is -0.782. The summed E-state index contributed by atoms with van der Waals surface area (Å²) >= 11 is 6.09. The van der Waals surface area contributed by atoms with Gasteiger partial charge >= 0.3 is 18.9 Å². The molecule has 1 aromatic carbocycles. The van der Waals surface area contributed by atoms with Crippen LogP contribution in [0.1, 0.15) is 42.4 Å². The SMILES string of the molecule is Cc1cc(Cl)cc(C)c1C1=C([O-])C2(CCC3(CC2)OCCO3)NC1=O.[Li+]. The first-order chi connectivity index (χ1) is 11.9. The van der Waals surface area contributed by atoms with Gasteiger partial charge in [0.2, 0.25) is 0 Å². The van der Waals surface area contributed by atoms with Crippen LogP contribution in [-0.2, 0) is 14.3 Å². The molecule has 0 aromatic heterocycles. The molecule has 1 aromatic rings. The quantitative estimate of drug-likeness (QED) is 0.659. The zero-order valence-corrected chi connectivity index (χ0v) is 16.2. The Morgan fingerprint density at radius 2 is 1.62 bits per heavy atom. The van der Waals surface area contributed by atoms with E-state index in [1.807, 2.05) is 13.8 Å². The fourth-order valence-electron chi connectivity index (χ4n) is 4.41. The molecule has 134 valence electrons. The van der Waals surface area contributed by atoms with Crippen molar-refractivity contribution >= 4 is 23.1 Å². The summed E-state index contributed by atoms with van der Waals surface area (Å²) in [5.41, 5.74) is 1.82. The molecule has 0 atom stereocenters. The zero-order valence-electron chi connectivity index (χ0n) is 15.4. The fourth-order valence-corrected chi connectivity index (χ4v) is 4.73. The maximum atomic E-state index is 13.3. The van der Waals surface area contributed by atoms with Crippen molar-refractivity contribution < 1.29 is 38.2 Å². The molecule has 1 aliphatic carbocycles. The number of amides is 1. The van der Waals surface area contributed by atoms with Crippen molar-refractivity contribution in [3.63, 3.8) is 0 Å². The van der Waals surface area contributed by atoms with Crippen molar-refractivity contribution in [3.8, 4) is 0 Å². The van der Waals surface area contributed by atoms with Crippen molar-refractivity contribution in [3.05, 3.63) is 39.6 Å². The van der Waals surface area contributed by atoms with Gasteiger partial charge in [-0.2, -0.15) is 0 Å². The van der Waals surface area contributed by atoms with E-state index >= 15 is 0 Å². The van der Waals surface area contributed by atoms with Crippen molar-refractivity contribution in [1.29, 1.82) is 0 Å². The van der Waals surface area contributed by atoms with Crippen LogP contribution in [0.2, 0.25) is 5.02 Å². The third-order valence-corrected chi connectivity index (χ3v) is 5.89. The van der Waals surface area contributed by atoms with Gasteiger partial charge in [-0.25, -0.2) is 0 Å². The number of ether oxygens (including phenoxy) is 2. The minimum absolute atomic E-state index is 0. The zero-order chi connectivity index (χ0) is 17.8. The summed E-state index contributed by atoms with van der Waals surface area (Å²) in [4.78, 5) is 12.7. The second kappa shape index (κ2) is 6.89. The van der Waals surface area contributed by atoms with Gasteiger partial charge in [0.25, 0.3) is 5.91 Å². The van der Waals surface area contributed by atoms with E-state index in [9.17, 15) is 9.90 Å². The van der Waals surface area contributed by atoms with E-state index in [1.165, 1.54) is 0 Å². The number of nitrogens with one attached hydrogen (secondary N) is 1. The van der Waals surface area contributed by atoms with Gasteiger partial charge < -0.3 is 19.9 Å². The molecule has 0 radical (unpaired) electrons. The fraction of sp³-hybridized carbons (Fsp3) is 0.526. The summed E-state index contributed by atoms with van der Waals surface area (Å²) in [5.74, 6) is -0.966. The van der Waals surface area contributed by atoms with Crippen LogP contribution in [-0.4, -0.2) is 30.4 Å². The maximum absolute atomic E-state index is 13.3. The van der Waals surface area contributed by atoms with E-state index in [0.29, 0.717) is 49.5 Å². The second-order valence-corrected chi connectivity index (χ2v) is 7.70. The monoisotopic (exact) mass is 369 g/mol. The van der Waals surface area contributed by atoms with Crippen LogP contribution in [0.15, 0.2) is 17.9 Å². The standard InChI is InChI=1S/C19H22ClNO4.Li/c1-11-9-13(20)10-12(2)14(11)15-16(22)18(21-17(15)23)3-5-19(6-4-18)24-7-8-25-19;/h9-10,22H,3-8H2,1-2H3,(H,21,23);/q;+1/p-1. The summed E-state index contributed by atoms with van der Waals surface area (Å²) in [6, 6.07) is 3.58. The molecule has 1 saturated heterocycles. The first kappa shape index (κ1) is 19.8. The molecule has 2 fully saturated rings. The number of benzene rings is 1. The van der Waals surface area contributed by atoms with Gasteiger partial charge in [-0.15, -0.1) is 0 Å². The number of hydrogen-bond acceptors (Lipinski definition) is 4. The summed E-state index contributed by atoms with van der Waals surface area (Å²) in [6.07, 6.45) is 2.30. The van der Waals surface area contributed by atoms with Crippen molar-refractivity contribution in [2.24, 2.45) is 0 Å². The Hall–Kier alpha value is -0.963. The van der Waals surface area contributed by atoms with E-state index < -0.39 is 11.3 Å². The van der Waals surface area contributed by atoms with Gasteiger partial charge in [0.05, 0.1) is 18.8 Å². The summed E-state index contributed by atoms with van der Waals surface area (Å²) in [7, 11) is 0. The van der Waals surface area contributed by atoms with E-state index in [2.05, 4.69) is 5.32 Å². The van der Waals surface area contributed by atoms with Crippen LogP contribution in [0.25, 0.3) is 5.57 Å². The smallest absolute Gasteiger partial charge is 0.873 e. The predicted molar refractivity (Wildman–Crippen MR) is 91.8 cm³/mol. The van der Waals surface area contributed by atoms with Crippen LogP contribution in [0.4, 0.5) is 0 Å². The minimum atomic E-state index is -0.828. The summed E-state index contributed by atoms with van der Waals surface area (Å²) in [5, 5.41) is 16.8. The van der Waals surface area contributed by atoms with Crippen molar-refractivity contribution in [1.82, 2.24) is 5.32 Å². The van der Waals surface area contributed by atoms with Crippen molar-refractivity contribution in [2.75, 3.05) is 13.2 Å². The van der Waals surface area contributed by atoms with Crippen molar-refractivity contribution in [2.45, 2.75) is 50.9 Å². The number of hydrogen-bond donors (Lipinski definition) is 1. The van der Waals surface area contributed by atoms with Crippen LogP contribution in [0.5, 0.6) is 0 Å². The molecule has 7 heteroatoms. The largest absolute Gasteiger partial charge is 1.00 e. The van der Waals surface area contributed by atoms with Crippen LogP contribution < -0.4 is 29.3 Å². The molecule has 1 saturated carbocycles. The molecule has 0 bridgehead atoms. The molecule has 3 aliphatic rings. The first-order valence-electron chi connectivity index (χ1n) is 8.65. The molecule has 4 rings (SSSR count). The van der Waals surface area contributed by atoms with E-state index in [0.717, 1.165) is 11.1 Å². The van der Waals surface area contributed by atoms with Gasteiger partial charge in [-0.3, -0.25) is 4.79 Å². The second-order valence-electron chi connectivity index (χ2n) is 7.26. The molecule has 1 N–H and O–H groups in total. The maximum Gasteiger partial charge on any atom is 1.00 e. The molecule has 2 aliphatic heterocycles. The molecular formula is C19H21ClLiNO4. The third kappa shape index (κ3) is 3.00. The Morgan fingerprint density at radius 1 is 1.08 bits per heavy atom. The Kier molecular flexibility index (Phi) is 5.24. The molecule has 0 unspecified atom stereocenters. The average molecular weight is 370 g/mol. The van der Waals surface area contributed by atoms with Gasteiger partial charge in [-0.1, -0.05) is 17.4 Å². The number of halogens is 1. The molecule has 2 spiro atoms. The number of carbonyl (C=O) groups is 1. The molecule has 26 heavy (non-hydrogen) atoms. The third-order valence-electron chi connectivity index (χ3n) is 5.67.